The minimum Gasteiger partial charge on any atom is -0.414 e. The van der Waals surface area contributed by atoms with Gasteiger partial charge in [0.15, 0.2) is 7.83 Å². The van der Waals surface area contributed by atoms with E-state index in [4.69, 9.17) is 15.9 Å². The monoisotopic (exact) mass is 316 g/mol. The molecule has 0 aromatic rings. The highest BCUT2D eigenvalue weighted by atomic mass is 29.3. The summed E-state index contributed by atoms with van der Waals surface area (Å²) in [5, 5.41) is 0. The maximum Gasteiger partial charge on any atom is 0.174 e. The minimum absolute atomic E-state index is 0.0795. The van der Waals surface area contributed by atoms with Gasteiger partial charge in [0.1, 0.15) is 0 Å². The molecule has 0 aromatic heterocycles. The van der Waals surface area contributed by atoms with Crippen molar-refractivity contribution in [1.82, 2.24) is 0 Å². The van der Waals surface area contributed by atoms with Crippen molar-refractivity contribution >= 4 is 15.4 Å². The maximum atomic E-state index is 6.48. The predicted octanol–water partition coefficient (Wildman–Crippen LogP) is 3.74. The van der Waals surface area contributed by atoms with Gasteiger partial charge in [0, 0.05) is 0 Å². The Morgan fingerprint density at radius 2 is 1.65 bits per heavy atom. The van der Waals surface area contributed by atoms with Gasteiger partial charge in [-0.25, -0.2) is 0 Å². The lowest BCUT2D eigenvalue weighted by molar-refractivity contribution is 0.0897. The molecule has 1 rings (SSSR count). The summed E-state index contributed by atoms with van der Waals surface area (Å²) in [6.45, 7) is 11.9. The zero-order valence-electron chi connectivity index (χ0n) is 14.3. The fourth-order valence-corrected chi connectivity index (χ4v) is 9.52. The highest BCUT2D eigenvalue weighted by Crippen LogP contribution is 2.36. The Kier molecular flexibility index (Phi) is 6.47. The molecule has 0 radical (unpaired) electrons. The lowest BCUT2D eigenvalue weighted by Crippen LogP contribution is -2.69. The number of hydrogen-bond donors (Lipinski definition) is 2. The standard InChI is InChI=1S/C15H36N2OSi2/c1-6-7-8-9-10-12-15(16,17)14-11-13-19(2,3)20(4,5)18-14/h14H,6-13,16-17H2,1-5H3. The Morgan fingerprint density at radius 1 is 1.05 bits per heavy atom. The van der Waals surface area contributed by atoms with E-state index in [1.165, 1.54) is 31.7 Å². The van der Waals surface area contributed by atoms with Crippen LogP contribution in [0.2, 0.25) is 32.2 Å². The Bertz CT molecular complexity index is 306. The summed E-state index contributed by atoms with van der Waals surface area (Å²) in [5.74, 6) is 0. The van der Waals surface area contributed by atoms with Gasteiger partial charge >= 0.3 is 0 Å². The van der Waals surface area contributed by atoms with Gasteiger partial charge in [0.25, 0.3) is 0 Å². The van der Waals surface area contributed by atoms with Crippen molar-refractivity contribution in [1.29, 1.82) is 0 Å². The summed E-state index contributed by atoms with van der Waals surface area (Å²) < 4.78 is 6.48. The molecule has 1 saturated heterocycles. The first kappa shape index (κ1) is 18.4. The van der Waals surface area contributed by atoms with Crippen LogP contribution in [0.15, 0.2) is 0 Å². The van der Waals surface area contributed by atoms with E-state index >= 15 is 0 Å². The lowest BCUT2D eigenvalue weighted by atomic mass is 9.95. The van der Waals surface area contributed by atoms with Crippen LogP contribution in [-0.4, -0.2) is 27.2 Å². The number of rotatable bonds is 7. The van der Waals surface area contributed by atoms with Crippen molar-refractivity contribution < 1.29 is 4.43 Å². The van der Waals surface area contributed by atoms with Crippen molar-refractivity contribution in [3.63, 3.8) is 0 Å². The highest BCUT2D eigenvalue weighted by molar-refractivity contribution is 7.38. The lowest BCUT2D eigenvalue weighted by Gasteiger charge is -2.49. The van der Waals surface area contributed by atoms with Crippen LogP contribution in [0, 0.1) is 0 Å². The van der Waals surface area contributed by atoms with Crippen LogP contribution in [0.1, 0.15) is 51.9 Å². The Morgan fingerprint density at radius 3 is 2.20 bits per heavy atom. The molecule has 0 amide bonds. The zero-order valence-corrected chi connectivity index (χ0v) is 16.3. The third kappa shape index (κ3) is 4.66. The smallest absolute Gasteiger partial charge is 0.174 e. The average Bonchev–Trinajstić information content (AvgIpc) is 2.32. The van der Waals surface area contributed by atoms with Crippen LogP contribution in [0.5, 0.6) is 0 Å². The molecule has 0 aromatic carbocycles. The summed E-state index contributed by atoms with van der Waals surface area (Å²) >= 11 is 0. The van der Waals surface area contributed by atoms with Crippen molar-refractivity contribution in [3.8, 4) is 0 Å². The quantitative estimate of drug-likeness (QED) is 0.427. The van der Waals surface area contributed by atoms with Crippen LogP contribution < -0.4 is 11.5 Å². The van der Waals surface area contributed by atoms with Crippen LogP contribution in [0.25, 0.3) is 0 Å². The second-order valence-electron chi connectivity index (χ2n) is 7.82. The van der Waals surface area contributed by atoms with E-state index in [-0.39, 0.29) is 6.10 Å². The minimum atomic E-state index is -1.57. The van der Waals surface area contributed by atoms with Gasteiger partial charge in [-0.15, -0.1) is 0 Å². The van der Waals surface area contributed by atoms with E-state index in [0.29, 0.717) is 0 Å². The molecular formula is C15H36N2OSi2. The molecule has 0 spiro atoms. The summed E-state index contributed by atoms with van der Waals surface area (Å²) in [6.07, 6.45) is 8.33. The van der Waals surface area contributed by atoms with Gasteiger partial charge in [0.2, 0.25) is 0 Å². The molecule has 1 unspecified atom stereocenters. The second kappa shape index (κ2) is 7.05. The van der Waals surface area contributed by atoms with E-state index in [9.17, 15) is 0 Å². The molecule has 1 fully saturated rings. The van der Waals surface area contributed by atoms with Crippen molar-refractivity contribution in [2.75, 3.05) is 0 Å². The van der Waals surface area contributed by atoms with E-state index in [1.807, 2.05) is 0 Å². The molecule has 0 bridgehead atoms. The topological polar surface area (TPSA) is 61.3 Å². The predicted molar refractivity (Wildman–Crippen MR) is 93.7 cm³/mol. The molecule has 1 aliphatic rings. The van der Waals surface area contributed by atoms with Crippen LogP contribution in [-0.2, 0) is 4.43 Å². The molecule has 0 saturated carbocycles. The number of nitrogens with two attached hydrogens (primary N) is 2. The molecule has 20 heavy (non-hydrogen) atoms. The Labute approximate surface area is 127 Å². The van der Waals surface area contributed by atoms with Gasteiger partial charge in [-0.3, -0.25) is 0 Å². The molecule has 1 atom stereocenters. The molecule has 1 heterocycles. The third-order valence-corrected chi connectivity index (χ3v) is 22.0. The van der Waals surface area contributed by atoms with Crippen LogP contribution >= 0.6 is 0 Å². The Hall–Kier alpha value is 0.314. The first-order valence-corrected chi connectivity index (χ1v) is 15.5. The van der Waals surface area contributed by atoms with Gasteiger partial charge < -0.3 is 15.9 Å². The maximum absolute atomic E-state index is 6.48. The first-order valence-electron chi connectivity index (χ1n) is 8.38. The van der Waals surface area contributed by atoms with Crippen molar-refractivity contribution in [3.05, 3.63) is 0 Å². The molecule has 4 N–H and O–H groups in total. The van der Waals surface area contributed by atoms with Crippen molar-refractivity contribution in [2.24, 2.45) is 11.5 Å². The van der Waals surface area contributed by atoms with Crippen LogP contribution in [0.4, 0.5) is 0 Å². The average molecular weight is 317 g/mol. The van der Waals surface area contributed by atoms with Gasteiger partial charge in [0.05, 0.1) is 19.4 Å². The summed E-state index contributed by atoms with van der Waals surface area (Å²) in [4.78, 5) is 0. The zero-order chi connectivity index (χ0) is 15.4. The van der Waals surface area contributed by atoms with Gasteiger partial charge in [-0.05, 0) is 25.9 Å². The Balaban J connectivity index is 2.48. The summed E-state index contributed by atoms with van der Waals surface area (Å²) in [5.41, 5.74) is 12.2. The van der Waals surface area contributed by atoms with E-state index in [0.717, 1.165) is 19.3 Å². The number of hydrogen-bond acceptors (Lipinski definition) is 3. The van der Waals surface area contributed by atoms with E-state index in [1.54, 1.807) is 0 Å². The molecule has 1 aliphatic heterocycles. The molecule has 0 aliphatic carbocycles. The first-order chi connectivity index (χ1) is 9.12. The normalized spacial score (nSPS) is 25.6. The number of unbranched alkanes of at least 4 members (excludes halogenated alkanes) is 4. The molecule has 5 heteroatoms. The second-order valence-corrected chi connectivity index (χ2v) is 23.0. The van der Waals surface area contributed by atoms with Gasteiger partial charge in [-0.1, -0.05) is 58.2 Å². The largest absolute Gasteiger partial charge is 0.414 e. The highest BCUT2D eigenvalue weighted by Gasteiger charge is 2.50. The third-order valence-electron chi connectivity index (χ3n) is 5.41. The fraction of sp³-hybridized carbons (Fsp3) is 1.00. The van der Waals surface area contributed by atoms with E-state index in [2.05, 4.69) is 33.1 Å². The van der Waals surface area contributed by atoms with E-state index < -0.39 is 21.1 Å². The van der Waals surface area contributed by atoms with Crippen molar-refractivity contribution in [2.45, 2.75) is 95.9 Å². The fourth-order valence-electron chi connectivity index (χ4n) is 2.94. The van der Waals surface area contributed by atoms with Gasteiger partial charge in [-0.2, -0.15) is 0 Å². The molecular weight excluding hydrogens is 280 g/mol. The van der Waals surface area contributed by atoms with Crippen LogP contribution in [0.3, 0.4) is 0 Å². The molecule has 120 valence electrons. The molecule has 3 nitrogen and oxygen atoms in total. The SMILES string of the molecule is CCCCCCCC(N)(N)C1CC[Si](C)(C)[Si](C)(C)O1. The summed E-state index contributed by atoms with van der Waals surface area (Å²) in [7, 11) is -2.75. The summed E-state index contributed by atoms with van der Waals surface area (Å²) in [6, 6.07) is 1.32.